The van der Waals surface area contributed by atoms with E-state index in [0.717, 1.165) is 15.0 Å². The van der Waals surface area contributed by atoms with Crippen LogP contribution in [0.2, 0.25) is 0 Å². The molecule has 0 spiro atoms. The third kappa shape index (κ3) is 3.44. The average molecular weight is 454 g/mol. The molecule has 2 heterocycles. The van der Waals surface area contributed by atoms with Crippen LogP contribution in [0.15, 0.2) is 53.6 Å². The van der Waals surface area contributed by atoms with Gasteiger partial charge in [0.15, 0.2) is 5.82 Å². The highest BCUT2D eigenvalue weighted by atomic mass is 127. The number of sulfonamides is 1. The van der Waals surface area contributed by atoms with Crippen LogP contribution in [0.1, 0.15) is 11.4 Å². The minimum absolute atomic E-state index is 0.200. The second-order valence-electron chi connectivity index (χ2n) is 5.27. The average Bonchev–Trinajstić information content (AvgIpc) is 2.86. The van der Waals surface area contributed by atoms with Crippen LogP contribution in [0, 0.1) is 17.4 Å². The van der Waals surface area contributed by atoms with Crippen LogP contribution in [-0.2, 0) is 10.0 Å². The second-order valence-corrected chi connectivity index (χ2v) is 8.20. The molecule has 0 aliphatic heterocycles. The molecule has 6 nitrogen and oxygen atoms in total. The van der Waals surface area contributed by atoms with Gasteiger partial charge in [0.25, 0.3) is 10.0 Å². The number of aromatic nitrogens is 3. The van der Waals surface area contributed by atoms with Gasteiger partial charge in [-0.3, -0.25) is 4.72 Å². The Morgan fingerprint density at radius 1 is 1.12 bits per heavy atom. The molecule has 3 aromatic rings. The summed E-state index contributed by atoms with van der Waals surface area (Å²) in [6, 6.07) is 11.9. The van der Waals surface area contributed by atoms with Gasteiger partial charge in [-0.25, -0.2) is 18.1 Å². The van der Waals surface area contributed by atoms with E-state index in [2.05, 4.69) is 37.4 Å². The lowest BCUT2D eigenvalue weighted by Crippen LogP contribution is -2.16. The van der Waals surface area contributed by atoms with Gasteiger partial charge in [0, 0.05) is 15.5 Å². The molecule has 0 aliphatic carbocycles. The van der Waals surface area contributed by atoms with Gasteiger partial charge in [0.1, 0.15) is 0 Å². The van der Waals surface area contributed by atoms with Gasteiger partial charge in [-0.05, 0) is 78.9 Å². The van der Waals surface area contributed by atoms with Gasteiger partial charge in [0.2, 0.25) is 0 Å². The van der Waals surface area contributed by atoms with Crippen LogP contribution in [-0.4, -0.2) is 23.2 Å². The third-order valence-corrected chi connectivity index (χ3v) is 5.47. The molecule has 0 amide bonds. The van der Waals surface area contributed by atoms with Gasteiger partial charge in [-0.15, -0.1) is 0 Å². The zero-order valence-corrected chi connectivity index (χ0v) is 16.0. The molecule has 0 aliphatic rings. The summed E-state index contributed by atoms with van der Waals surface area (Å²) in [5, 5.41) is 4.37. The Morgan fingerprint density at radius 3 is 2.46 bits per heavy atom. The maximum absolute atomic E-state index is 12.6. The Labute approximate surface area is 154 Å². The van der Waals surface area contributed by atoms with Gasteiger partial charge in [-0.2, -0.15) is 5.10 Å². The molecule has 1 N–H and O–H groups in total. The molecular formula is C16H15IN4O2S. The normalized spacial score (nSPS) is 11.5. The van der Waals surface area contributed by atoms with Crippen molar-refractivity contribution in [1.29, 1.82) is 0 Å². The summed E-state index contributed by atoms with van der Waals surface area (Å²) in [6.45, 7) is 3.77. The highest BCUT2D eigenvalue weighted by Crippen LogP contribution is 2.23. The molecule has 2 aromatic heterocycles. The maximum atomic E-state index is 12.6. The van der Waals surface area contributed by atoms with Crippen molar-refractivity contribution in [3.8, 4) is 5.82 Å². The predicted octanol–water partition coefficient (Wildman–Crippen LogP) is 3.29. The molecule has 0 saturated heterocycles. The lowest BCUT2D eigenvalue weighted by Gasteiger charge is -2.12. The molecule has 0 radical (unpaired) electrons. The summed E-state index contributed by atoms with van der Waals surface area (Å²) in [5.41, 5.74) is 2.09. The minimum atomic E-state index is -3.70. The smallest absolute Gasteiger partial charge is 0.262 e. The van der Waals surface area contributed by atoms with Crippen molar-refractivity contribution in [2.75, 3.05) is 4.72 Å². The van der Waals surface area contributed by atoms with E-state index in [-0.39, 0.29) is 4.90 Å². The molecule has 0 fully saturated rings. The van der Waals surface area contributed by atoms with Crippen molar-refractivity contribution in [2.45, 2.75) is 18.7 Å². The van der Waals surface area contributed by atoms with E-state index in [0.29, 0.717) is 11.5 Å². The molecule has 124 valence electrons. The van der Waals surface area contributed by atoms with Gasteiger partial charge >= 0.3 is 0 Å². The second kappa shape index (κ2) is 6.52. The molecule has 3 rings (SSSR count). The first kappa shape index (κ1) is 16.9. The van der Waals surface area contributed by atoms with Crippen LogP contribution >= 0.6 is 22.6 Å². The van der Waals surface area contributed by atoms with E-state index in [4.69, 9.17) is 0 Å². The fourth-order valence-electron chi connectivity index (χ4n) is 2.31. The Kier molecular flexibility index (Phi) is 4.59. The zero-order valence-electron chi connectivity index (χ0n) is 13.1. The first-order valence-corrected chi connectivity index (χ1v) is 9.70. The Balaban J connectivity index is 2.02. The molecule has 0 atom stereocenters. The number of nitrogens with zero attached hydrogens (tertiary/aromatic N) is 3. The number of rotatable bonds is 4. The van der Waals surface area contributed by atoms with E-state index in [1.165, 1.54) is 0 Å². The van der Waals surface area contributed by atoms with E-state index in [1.807, 2.05) is 19.9 Å². The van der Waals surface area contributed by atoms with Crippen molar-refractivity contribution in [3.63, 3.8) is 0 Å². The molecule has 24 heavy (non-hydrogen) atoms. The molecule has 0 saturated carbocycles. The first-order valence-electron chi connectivity index (χ1n) is 7.14. The predicted molar refractivity (Wildman–Crippen MR) is 101 cm³/mol. The van der Waals surface area contributed by atoms with Gasteiger partial charge < -0.3 is 0 Å². The number of benzene rings is 1. The SMILES string of the molecule is Cc1cc(C)n(-c2ncccc2NS(=O)(=O)c2ccc(I)cc2)n1. The summed E-state index contributed by atoms with van der Waals surface area (Å²) in [6.07, 6.45) is 1.61. The molecular weight excluding hydrogens is 439 g/mol. The monoisotopic (exact) mass is 454 g/mol. The molecule has 0 unspecified atom stereocenters. The van der Waals surface area contributed by atoms with Crippen molar-refractivity contribution in [1.82, 2.24) is 14.8 Å². The molecule has 8 heteroatoms. The summed E-state index contributed by atoms with van der Waals surface area (Å²) in [5.74, 6) is 0.442. The molecule has 0 bridgehead atoms. The standard InChI is InChI=1S/C16H15IN4O2S/c1-11-10-12(2)21(19-11)16-15(4-3-9-18-16)20-24(22,23)14-7-5-13(17)6-8-14/h3-10,20H,1-2H3. The summed E-state index contributed by atoms with van der Waals surface area (Å²) < 4.78 is 30.4. The summed E-state index contributed by atoms with van der Waals surface area (Å²) >= 11 is 2.13. The molecule has 1 aromatic carbocycles. The van der Waals surface area contributed by atoms with Crippen molar-refractivity contribution >= 4 is 38.3 Å². The van der Waals surface area contributed by atoms with Crippen LogP contribution < -0.4 is 4.72 Å². The number of halogens is 1. The first-order chi connectivity index (χ1) is 11.4. The summed E-state index contributed by atoms with van der Waals surface area (Å²) in [7, 11) is -3.70. The van der Waals surface area contributed by atoms with Crippen LogP contribution in [0.25, 0.3) is 5.82 Å². The van der Waals surface area contributed by atoms with Crippen LogP contribution in [0.4, 0.5) is 5.69 Å². The largest absolute Gasteiger partial charge is 0.276 e. The van der Waals surface area contributed by atoms with Crippen molar-refractivity contribution in [3.05, 3.63) is 63.6 Å². The number of hydrogen-bond donors (Lipinski definition) is 1. The highest BCUT2D eigenvalue weighted by Gasteiger charge is 2.18. The lowest BCUT2D eigenvalue weighted by molar-refractivity contribution is 0.601. The quantitative estimate of drug-likeness (QED) is 0.614. The number of nitrogens with one attached hydrogen (secondary N) is 1. The Morgan fingerprint density at radius 2 is 1.83 bits per heavy atom. The van der Waals surface area contributed by atoms with E-state index in [1.54, 1.807) is 47.3 Å². The van der Waals surface area contributed by atoms with Gasteiger partial charge in [0.05, 0.1) is 16.3 Å². The number of aryl methyl sites for hydroxylation is 2. The highest BCUT2D eigenvalue weighted by molar-refractivity contribution is 14.1. The van der Waals surface area contributed by atoms with Crippen molar-refractivity contribution < 1.29 is 8.42 Å². The fourth-order valence-corrected chi connectivity index (χ4v) is 3.73. The van der Waals surface area contributed by atoms with Crippen molar-refractivity contribution in [2.24, 2.45) is 0 Å². The van der Waals surface area contributed by atoms with E-state index >= 15 is 0 Å². The van der Waals surface area contributed by atoms with E-state index in [9.17, 15) is 8.42 Å². The van der Waals surface area contributed by atoms with E-state index < -0.39 is 10.0 Å². The maximum Gasteiger partial charge on any atom is 0.262 e. The lowest BCUT2D eigenvalue weighted by atomic mass is 10.3. The Bertz CT molecular complexity index is 982. The number of hydrogen-bond acceptors (Lipinski definition) is 4. The number of anilines is 1. The third-order valence-electron chi connectivity index (χ3n) is 3.37. The number of pyridine rings is 1. The van der Waals surface area contributed by atoms with Crippen LogP contribution in [0.3, 0.4) is 0 Å². The summed E-state index contributed by atoms with van der Waals surface area (Å²) in [4.78, 5) is 4.49. The minimum Gasteiger partial charge on any atom is -0.276 e. The fraction of sp³-hybridized carbons (Fsp3) is 0.125. The van der Waals surface area contributed by atoms with Crippen LogP contribution in [0.5, 0.6) is 0 Å². The topological polar surface area (TPSA) is 76.9 Å². The zero-order chi connectivity index (χ0) is 17.3. The van der Waals surface area contributed by atoms with Gasteiger partial charge in [-0.1, -0.05) is 0 Å². The Hall–Kier alpha value is -1.94.